The lowest BCUT2D eigenvalue weighted by molar-refractivity contribution is 0.245. The summed E-state index contributed by atoms with van der Waals surface area (Å²) in [6.07, 6.45) is 4.38. The molecule has 0 saturated carbocycles. The molecule has 0 aromatic heterocycles. The first kappa shape index (κ1) is 24.2. The molecule has 0 radical (unpaired) electrons. The van der Waals surface area contributed by atoms with Gasteiger partial charge in [-0.15, -0.1) is 24.0 Å². The Bertz CT molecular complexity index is 271. The first-order valence-corrected chi connectivity index (χ1v) is 8.62. The number of halogens is 1. The molecule has 0 amide bonds. The van der Waals surface area contributed by atoms with Crippen molar-refractivity contribution >= 4 is 29.9 Å². The van der Waals surface area contributed by atoms with Crippen molar-refractivity contribution in [2.45, 2.75) is 60.3 Å². The summed E-state index contributed by atoms with van der Waals surface area (Å²) < 4.78 is 0. The van der Waals surface area contributed by atoms with E-state index < -0.39 is 0 Å². The molecule has 0 rings (SSSR count). The highest BCUT2D eigenvalue weighted by molar-refractivity contribution is 14.0. The molecule has 0 aliphatic heterocycles. The lowest BCUT2D eigenvalue weighted by atomic mass is 9.94. The maximum absolute atomic E-state index is 9.16. The largest absolute Gasteiger partial charge is 0.396 e. The number of aliphatic hydroxyl groups is 1. The highest BCUT2D eigenvalue weighted by Crippen LogP contribution is 2.15. The van der Waals surface area contributed by atoms with Gasteiger partial charge in [0.05, 0.1) is 0 Å². The first-order chi connectivity index (χ1) is 9.99. The zero-order valence-corrected chi connectivity index (χ0v) is 17.5. The second kappa shape index (κ2) is 15.8. The SMILES string of the molecule is CCNC(=NCC(CCO)CC(C)C)NCCCC(C)C.I. The Morgan fingerprint density at radius 2 is 1.73 bits per heavy atom. The van der Waals surface area contributed by atoms with E-state index in [1.807, 2.05) is 0 Å². The minimum atomic E-state index is 0. The van der Waals surface area contributed by atoms with Gasteiger partial charge in [-0.2, -0.15) is 0 Å². The Morgan fingerprint density at radius 1 is 1.05 bits per heavy atom. The second-order valence-electron chi connectivity index (χ2n) is 6.69. The Morgan fingerprint density at radius 3 is 2.23 bits per heavy atom. The van der Waals surface area contributed by atoms with Crippen LogP contribution in [0.15, 0.2) is 4.99 Å². The van der Waals surface area contributed by atoms with Crippen molar-refractivity contribution in [3.63, 3.8) is 0 Å². The molecule has 0 fully saturated rings. The van der Waals surface area contributed by atoms with Crippen molar-refractivity contribution in [1.29, 1.82) is 0 Å². The normalized spacial score (nSPS) is 13.2. The monoisotopic (exact) mass is 427 g/mol. The topological polar surface area (TPSA) is 56.7 Å². The summed E-state index contributed by atoms with van der Waals surface area (Å²) in [7, 11) is 0. The highest BCUT2D eigenvalue weighted by Gasteiger charge is 2.10. The summed E-state index contributed by atoms with van der Waals surface area (Å²) in [5, 5.41) is 15.9. The van der Waals surface area contributed by atoms with Crippen molar-refractivity contribution in [3.8, 4) is 0 Å². The number of hydrogen-bond acceptors (Lipinski definition) is 2. The predicted molar refractivity (Wildman–Crippen MR) is 108 cm³/mol. The van der Waals surface area contributed by atoms with E-state index in [2.05, 4.69) is 50.2 Å². The third kappa shape index (κ3) is 14.9. The van der Waals surface area contributed by atoms with Gasteiger partial charge in [0.2, 0.25) is 0 Å². The molecule has 1 atom stereocenters. The minimum absolute atomic E-state index is 0. The molecule has 0 saturated heterocycles. The molecule has 4 nitrogen and oxygen atoms in total. The lowest BCUT2D eigenvalue weighted by Gasteiger charge is -2.17. The van der Waals surface area contributed by atoms with Crippen LogP contribution in [0.2, 0.25) is 0 Å². The van der Waals surface area contributed by atoms with E-state index in [-0.39, 0.29) is 30.6 Å². The van der Waals surface area contributed by atoms with E-state index in [4.69, 9.17) is 5.11 Å². The molecule has 0 aliphatic carbocycles. The highest BCUT2D eigenvalue weighted by atomic mass is 127. The van der Waals surface area contributed by atoms with Crippen molar-refractivity contribution in [2.24, 2.45) is 22.7 Å². The first-order valence-electron chi connectivity index (χ1n) is 8.62. The van der Waals surface area contributed by atoms with Gasteiger partial charge in [0.1, 0.15) is 0 Å². The number of guanidine groups is 1. The quantitative estimate of drug-likeness (QED) is 0.204. The van der Waals surface area contributed by atoms with Gasteiger partial charge in [0.15, 0.2) is 5.96 Å². The van der Waals surface area contributed by atoms with Crippen LogP contribution in [0.5, 0.6) is 0 Å². The van der Waals surface area contributed by atoms with E-state index in [1.165, 1.54) is 12.8 Å². The number of aliphatic imine (C=N–C) groups is 1. The molecule has 134 valence electrons. The van der Waals surface area contributed by atoms with Crippen LogP contribution in [0.1, 0.15) is 60.3 Å². The molecule has 1 unspecified atom stereocenters. The van der Waals surface area contributed by atoms with Crippen LogP contribution >= 0.6 is 24.0 Å². The average Bonchev–Trinajstić information content (AvgIpc) is 2.39. The van der Waals surface area contributed by atoms with Gasteiger partial charge >= 0.3 is 0 Å². The fourth-order valence-electron chi connectivity index (χ4n) is 2.41. The van der Waals surface area contributed by atoms with Crippen LogP contribution in [0, 0.1) is 17.8 Å². The van der Waals surface area contributed by atoms with E-state index in [0.29, 0.717) is 11.8 Å². The van der Waals surface area contributed by atoms with Gasteiger partial charge in [0.25, 0.3) is 0 Å². The molecule has 22 heavy (non-hydrogen) atoms. The molecule has 0 aliphatic rings. The fourth-order valence-corrected chi connectivity index (χ4v) is 2.41. The van der Waals surface area contributed by atoms with E-state index in [0.717, 1.165) is 44.4 Å². The van der Waals surface area contributed by atoms with Gasteiger partial charge < -0.3 is 15.7 Å². The van der Waals surface area contributed by atoms with E-state index >= 15 is 0 Å². The molecule has 5 heteroatoms. The zero-order chi connectivity index (χ0) is 16.1. The van der Waals surface area contributed by atoms with Crippen LogP contribution in [0.25, 0.3) is 0 Å². The number of nitrogens with one attached hydrogen (secondary N) is 2. The maximum Gasteiger partial charge on any atom is 0.191 e. The average molecular weight is 427 g/mol. The Kier molecular flexibility index (Phi) is 17.4. The number of aliphatic hydroxyl groups excluding tert-OH is 1. The number of hydrogen-bond donors (Lipinski definition) is 3. The van der Waals surface area contributed by atoms with E-state index in [9.17, 15) is 0 Å². The third-order valence-electron chi connectivity index (χ3n) is 3.44. The summed E-state index contributed by atoms with van der Waals surface area (Å²) in [5.74, 6) is 2.79. The smallest absolute Gasteiger partial charge is 0.191 e. The second-order valence-corrected chi connectivity index (χ2v) is 6.69. The van der Waals surface area contributed by atoms with Crippen molar-refractivity contribution in [2.75, 3.05) is 26.2 Å². The summed E-state index contributed by atoms with van der Waals surface area (Å²) in [5.41, 5.74) is 0. The van der Waals surface area contributed by atoms with Crippen LogP contribution in [-0.2, 0) is 0 Å². The fraction of sp³-hybridized carbons (Fsp3) is 0.941. The lowest BCUT2D eigenvalue weighted by Crippen LogP contribution is -2.38. The van der Waals surface area contributed by atoms with Crippen molar-refractivity contribution in [1.82, 2.24) is 10.6 Å². The van der Waals surface area contributed by atoms with Gasteiger partial charge in [-0.3, -0.25) is 4.99 Å². The molecule has 0 aromatic carbocycles. The summed E-state index contributed by atoms with van der Waals surface area (Å²) >= 11 is 0. The molecule has 0 aromatic rings. The summed E-state index contributed by atoms with van der Waals surface area (Å²) in [6.45, 7) is 13.9. The molecule has 0 spiro atoms. The number of nitrogens with zero attached hydrogens (tertiary/aromatic N) is 1. The zero-order valence-electron chi connectivity index (χ0n) is 15.2. The molecule has 3 N–H and O–H groups in total. The molecular formula is C17H38IN3O. The maximum atomic E-state index is 9.16. The van der Waals surface area contributed by atoms with Gasteiger partial charge in [-0.1, -0.05) is 27.7 Å². The molecule has 0 bridgehead atoms. The van der Waals surface area contributed by atoms with Crippen LogP contribution in [-0.4, -0.2) is 37.3 Å². The Labute approximate surface area is 155 Å². The van der Waals surface area contributed by atoms with Crippen LogP contribution in [0.3, 0.4) is 0 Å². The van der Waals surface area contributed by atoms with Crippen molar-refractivity contribution < 1.29 is 5.11 Å². The van der Waals surface area contributed by atoms with Gasteiger partial charge in [-0.25, -0.2) is 0 Å². The van der Waals surface area contributed by atoms with E-state index in [1.54, 1.807) is 0 Å². The summed E-state index contributed by atoms with van der Waals surface area (Å²) in [6, 6.07) is 0. The van der Waals surface area contributed by atoms with Gasteiger partial charge in [-0.05, 0) is 50.4 Å². The Balaban J connectivity index is 0. The van der Waals surface area contributed by atoms with Crippen LogP contribution < -0.4 is 10.6 Å². The van der Waals surface area contributed by atoms with Crippen LogP contribution in [0.4, 0.5) is 0 Å². The van der Waals surface area contributed by atoms with Crippen molar-refractivity contribution in [3.05, 3.63) is 0 Å². The Hall–Kier alpha value is -0.0400. The minimum Gasteiger partial charge on any atom is -0.396 e. The third-order valence-corrected chi connectivity index (χ3v) is 3.44. The van der Waals surface area contributed by atoms with Gasteiger partial charge in [0, 0.05) is 26.2 Å². The standard InChI is InChI=1S/C17H37N3O.HI/c1-6-18-17(19-10-7-8-14(2)3)20-13-16(9-11-21)12-15(4)5;/h14-16,21H,6-13H2,1-5H3,(H2,18,19,20);1H. The number of rotatable bonds is 11. The molecule has 0 heterocycles. The summed E-state index contributed by atoms with van der Waals surface area (Å²) in [4.78, 5) is 4.69. The molecular weight excluding hydrogens is 389 g/mol. The predicted octanol–water partition coefficient (Wildman–Crippen LogP) is 3.64.